The Balaban J connectivity index is 1.51. The fourth-order valence-corrected chi connectivity index (χ4v) is 3.51. The van der Waals surface area contributed by atoms with Crippen molar-refractivity contribution in [3.05, 3.63) is 65.5 Å². The number of carbonyl (C=O) groups is 1. The van der Waals surface area contributed by atoms with E-state index in [1.807, 2.05) is 18.2 Å². The highest BCUT2D eigenvalue weighted by Gasteiger charge is 2.17. The number of carbonyl (C=O) groups excluding carboxylic acids is 1. The van der Waals surface area contributed by atoms with Crippen molar-refractivity contribution in [1.82, 2.24) is 10.2 Å². The van der Waals surface area contributed by atoms with Crippen molar-refractivity contribution in [3.8, 4) is 5.75 Å². The number of rotatable bonds is 7. The van der Waals surface area contributed by atoms with Crippen LogP contribution in [0.5, 0.6) is 5.75 Å². The highest BCUT2D eigenvalue weighted by molar-refractivity contribution is 5.77. The van der Waals surface area contributed by atoms with Gasteiger partial charge in [0.1, 0.15) is 0 Å². The lowest BCUT2D eigenvalue weighted by Gasteiger charge is -2.31. The number of piperidine rings is 1. The molecule has 0 saturated carbocycles. The minimum absolute atomic E-state index is 0.0901. The largest absolute Gasteiger partial charge is 0.481 e. The van der Waals surface area contributed by atoms with Crippen LogP contribution in [0.2, 0.25) is 0 Å². The van der Waals surface area contributed by atoms with E-state index in [9.17, 15) is 9.18 Å². The normalized spacial score (nSPS) is 17.5. The Labute approximate surface area is 160 Å². The molecule has 1 N–H and O–H groups in total. The molecular formula is C22H27FN2O2. The molecule has 1 unspecified atom stereocenters. The number of hydrogen-bond donors (Lipinski definition) is 1. The van der Waals surface area contributed by atoms with Crippen molar-refractivity contribution in [2.24, 2.45) is 5.92 Å². The molecule has 1 fully saturated rings. The Morgan fingerprint density at radius 1 is 1.19 bits per heavy atom. The summed E-state index contributed by atoms with van der Waals surface area (Å²) in [7, 11) is 0. The third-order valence-electron chi connectivity index (χ3n) is 4.92. The second-order valence-electron chi connectivity index (χ2n) is 7.25. The summed E-state index contributed by atoms with van der Waals surface area (Å²) in [6.07, 6.45) is 2.55. The molecule has 1 aliphatic heterocycles. The van der Waals surface area contributed by atoms with E-state index >= 15 is 0 Å². The number of para-hydroxylation sites is 1. The molecule has 0 radical (unpaired) electrons. The van der Waals surface area contributed by atoms with Crippen LogP contribution in [-0.4, -0.2) is 30.5 Å². The summed E-state index contributed by atoms with van der Waals surface area (Å²) < 4.78 is 18.8. The lowest BCUT2D eigenvalue weighted by atomic mass is 9.99. The summed E-state index contributed by atoms with van der Waals surface area (Å²) in [5, 5.41) is 2.87. The van der Waals surface area contributed by atoms with Gasteiger partial charge < -0.3 is 10.1 Å². The van der Waals surface area contributed by atoms with Crippen molar-refractivity contribution in [2.45, 2.75) is 32.9 Å². The molecular weight excluding hydrogens is 343 g/mol. The highest BCUT2D eigenvalue weighted by Crippen LogP contribution is 2.19. The first-order valence-corrected chi connectivity index (χ1v) is 9.55. The van der Waals surface area contributed by atoms with Gasteiger partial charge in [0.25, 0.3) is 5.91 Å². The van der Waals surface area contributed by atoms with Gasteiger partial charge in [-0.1, -0.05) is 43.3 Å². The maximum absolute atomic E-state index is 13.5. The Morgan fingerprint density at radius 2 is 1.93 bits per heavy atom. The van der Waals surface area contributed by atoms with Crippen molar-refractivity contribution >= 4 is 5.91 Å². The summed E-state index contributed by atoms with van der Waals surface area (Å²) in [4.78, 5) is 14.6. The van der Waals surface area contributed by atoms with Crippen molar-refractivity contribution < 1.29 is 13.9 Å². The molecule has 1 saturated heterocycles. The van der Waals surface area contributed by atoms with E-state index in [4.69, 9.17) is 4.74 Å². The smallest absolute Gasteiger partial charge is 0.258 e. The number of ether oxygens (including phenoxy) is 1. The molecule has 0 spiro atoms. The molecule has 0 aromatic heterocycles. The van der Waals surface area contributed by atoms with Gasteiger partial charge in [-0.2, -0.15) is 0 Å². The molecule has 144 valence electrons. The maximum Gasteiger partial charge on any atom is 0.258 e. The predicted octanol–water partition coefficient (Wildman–Crippen LogP) is 3.75. The first-order chi connectivity index (χ1) is 13.1. The number of amides is 1. The zero-order chi connectivity index (χ0) is 19.1. The van der Waals surface area contributed by atoms with E-state index in [0.717, 1.165) is 31.1 Å². The topological polar surface area (TPSA) is 41.6 Å². The van der Waals surface area contributed by atoms with Crippen LogP contribution in [0.4, 0.5) is 4.39 Å². The Hall–Kier alpha value is -2.40. The van der Waals surface area contributed by atoms with E-state index in [0.29, 0.717) is 6.54 Å². The molecule has 5 heteroatoms. The van der Waals surface area contributed by atoms with Gasteiger partial charge in [0.05, 0.1) is 0 Å². The van der Waals surface area contributed by atoms with Crippen LogP contribution in [0.3, 0.4) is 0 Å². The molecule has 2 aromatic rings. The van der Waals surface area contributed by atoms with Crippen LogP contribution in [-0.2, 0) is 17.9 Å². The number of halogens is 1. The molecule has 3 rings (SSSR count). The van der Waals surface area contributed by atoms with Gasteiger partial charge in [0, 0.05) is 19.6 Å². The van der Waals surface area contributed by atoms with E-state index < -0.39 is 5.82 Å². The molecule has 1 heterocycles. The number of nitrogens with one attached hydrogen (secondary N) is 1. The maximum atomic E-state index is 13.5. The van der Waals surface area contributed by atoms with Gasteiger partial charge >= 0.3 is 0 Å². The average Bonchev–Trinajstić information content (AvgIpc) is 2.67. The molecule has 2 aromatic carbocycles. The summed E-state index contributed by atoms with van der Waals surface area (Å²) >= 11 is 0. The lowest BCUT2D eigenvalue weighted by Crippen LogP contribution is -2.34. The summed E-state index contributed by atoms with van der Waals surface area (Å²) in [5.41, 5.74) is 2.34. The zero-order valence-corrected chi connectivity index (χ0v) is 15.8. The van der Waals surface area contributed by atoms with Gasteiger partial charge in [-0.3, -0.25) is 9.69 Å². The fraction of sp³-hybridized carbons (Fsp3) is 0.409. The fourth-order valence-electron chi connectivity index (χ4n) is 3.51. The average molecular weight is 370 g/mol. The van der Waals surface area contributed by atoms with Gasteiger partial charge in [-0.25, -0.2) is 4.39 Å². The SMILES string of the molecule is CC1CCCN(Cc2ccccc2CNC(=O)COc2ccccc2F)C1. The Bertz CT molecular complexity index is 765. The molecule has 1 amide bonds. The van der Waals surface area contributed by atoms with Gasteiger partial charge in [-0.15, -0.1) is 0 Å². The second-order valence-corrected chi connectivity index (χ2v) is 7.25. The molecule has 0 aliphatic carbocycles. The number of hydrogen-bond acceptors (Lipinski definition) is 3. The quantitative estimate of drug-likeness (QED) is 0.807. The minimum atomic E-state index is -0.466. The summed E-state index contributed by atoms with van der Waals surface area (Å²) in [6.45, 7) is 5.69. The van der Waals surface area contributed by atoms with Crippen LogP contribution in [0.1, 0.15) is 30.9 Å². The predicted molar refractivity (Wildman–Crippen MR) is 104 cm³/mol. The van der Waals surface area contributed by atoms with E-state index in [2.05, 4.69) is 23.2 Å². The van der Waals surface area contributed by atoms with Crippen LogP contribution < -0.4 is 10.1 Å². The molecule has 1 atom stereocenters. The van der Waals surface area contributed by atoms with Gasteiger partial charge in [-0.05, 0) is 48.6 Å². The number of benzene rings is 2. The third kappa shape index (κ3) is 5.79. The zero-order valence-electron chi connectivity index (χ0n) is 15.8. The lowest BCUT2D eigenvalue weighted by molar-refractivity contribution is -0.123. The van der Waals surface area contributed by atoms with Crippen molar-refractivity contribution in [3.63, 3.8) is 0 Å². The molecule has 27 heavy (non-hydrogen) atoms. The second kappa shape index (κ2) is 9.51. The summed E-state index contributed by atoms with van der Waals surface area (Å²) in [6, 6.07) is 14.3. The monoisotopic (exact) mass is 370 g/mol. The highest BCUT2D eigenvalue weighted by atomic mass is 19.1. The molecule has 0 bridgehead atoms. The van der Waals surface area contributed by atoms with E-state index in [-0.39, 0.29) is 18.3 Å². The molecule has 4 nitrogen and oxygen atoms in total. The van der Waals surface area contributed by atoms with E-state index in [1.54, 1.807) is 12.1 Å². The van der Waals surface area contributed by atoms with E-state index in [1.165, 1.54) is 30.5 Å². The van der Waals surface area contributed by atoms with Crippen LogP contribution in [0, 0.1) is 11.7 Å². The van der Waals surface area contributed by atoms with Crippen molar-refractivity contribution in [1.29, 1.82) is 0 Å². The van der Waals surface area contributed by atoms with Gasteiger partial charge in [0.2, 0.25) is 0 Å². The van der Waals surface area contributed by atoms with Crippen LogP contribution in [0.15, 0.2) is 48.5 Å². The van der Waals surface area contributed by atoms with Crippen LogP contribution >= 0.6 is 0 Å². The van der Waals surface area contributed by atoms with Crippen molar-refractivity contribution in [2.75, 3.05) is 19.7 Å². The minimum Gasteiger partial charge on any atom is -0.481 e. The Kier molecular flexibility index (Phi) is 6.82. The number of likely N-dealkylation sites (tertiary alicyclic amines) is 1. The Morgan fingerprint density at radius 3 is 2.70 bits per heavy atom. The first kappa shape index (κ1) is 19.4. The summed E-state index contributed by atoms with van der Waals surface area (Å²) in [5.74, 6) is 0.0967. The molecule has 1 aliphatic rings. The van der Waals surface area contributed by atoms with Crippen LogP contribution in [0.25, 0.3) is 0 Å². The first-order valence-electron chi connectivity index (χ1n) is 9.55. The third-order valence-corrected chi connectivity index (χ3v) is 4.92. The standard InChI is InChI=1S/C22H27FN2O2/c1-17-7-6-12-25(14-17)15-19-9-3-2-8-18(19)13-24-22(26)16-27-21-11-5-4-10-20(21)23/h2-5,8-11,17H,6-7,12-16H2,1H3,(H,24,26). The van der Waals surface area contributed by atoms with Gasteiger partial charge in [0.15, 0.2) is 18.2 Å². The number of nitrogens with zero attached hydrogens (tertiary/aromatic N) is 1.